The van der Waals surface area contributed by atoms with Crippen LogP contribution in [0.15, 0.2) is 29.2 Å². The number of rotatable bonds is 8. The van der Waals surface area contributed by atoms with Crippen LogP contribution in [0.3, 0.4) is 0 Å². The Morgan fingerprint density at radius 2 is 1.89 bits per heavy atom. The van der Waals surface area contributed by atoms with Gasteiger partial charge in [0, 0.05) is 25.3 Å². The highest BCUT2D eigenvalue weighted by atomic mass is 32.2. The van der Waals surface area contributed by atoms with Gasteiger partial charge in [-0.25, -0.2) is 13.1 Å². The number of sulfonamides is 1. The number of ether oxygens (including phenoxy) is 1. The fourth-order valence-electron chi connectivity index (χ4n) is 3.77. The SMILES string of the molecule is COCCNS(=O)(=O)c1ccc(C(=O)NC2CC(C)CCC2C(C)C)cc1. The molecule has 1 fully saturated rings. The van der Waals surface area contributed by atoms with Gasteiger partial charge in [-0.2, -0.15) is 0 Å². The molecule has 0 spiro atoms. The fraction of sp³-hybridized carbons (Fsp3) is 0.650. The number of benzene rings is 1. The minimum absolute atomic E-state index is 0.140. The van der Waals surface area contributed by atoms with Crippen LogP contribution in [-0.2, 0) is 14.8 Å². The smallest absolute Gasteiger partial charge is 0.251 e. The Kier molecular flexibility index (Phi) is 7.82. The van der Waals surface area contributed by atoms with Crippen LogP contribution < -0.4 is 10.0 Å². The van der Waals surface area contributed by atoms with Crippen LogP contribution in [0, 0.1) is 17.8 Å². The topological polar surface area (TPSA) is 84.5 Å². The van der Waals surface area contributed by atoms with Crippen molar-refractivity contribution in [3.8, 4) is 0 Å². The van der Waals surface area contributed by atoms with Gasteiger partial charge in [-0.3, -0.25) is 4.79 Å². The molecule has 27 heavy (non-hydrogen) atoms. The summed E-state index contributed by atoms with van der Waals surface area (Å²) in [6.45, 7) is 7.14. The largest absolute Gasteiger partial charge is 0.383 e. The van der Waals surface area contributed by atoms with Crippen LogP contribution in [0.2, 0.25) is 0 Å². The summed E-state index contributed by atoms with van der Waals surface area (Å²) in [6.07, 6.45) is 3.33. The van der Waals surface area contributed by atoms with Gasteiger partial charge < -0.3 is 10.1 Å². The maximum Gasteiger partial charge on any atom is 0.251 e. The van der Waals surface area contributed by atoms with E-state index in [9.17, 15) is 13.2 Å². The van der Waals surface area contributed by atoms with E-state index >= 15 is 0 Å². The molecule has 0 saturated heterocycles. The van der Waals surface area contributed by atoms with Crippen molar-refractivity contribution in [2.45, 2.75) is 51.0 Å². The van der Waals surface area contributed by atoms with E-state index < -0.39 is 10.0 Å². The number of methoxy groups -OCH3 is 1. The minimum Gasteiger partial charge on any atom is -0.383 e. The standard InChI is InChI=1S/C20H32N2O4S/c1-14(2)18-10-5-15(3)13-19(18)22-20(23)16-6-8-17(9-7-16)27(24,25)21-11-12-26-4/h6-9,14-15,18-19,21H,5,10-13H2,1-4H3,(H,22,23). The summed E-state index contributed by atoms with van der Waals surface area (Å²) < 4.78 is 31.7. The summed E-state index contributed by atoms with van der Waals surface area (Å²) in [5, 5.41) is 3.18. The van der Waals surface area contributed by atoms with Crippen LogP contribution in [0.25, 0.3) is 0 Å². The zero-order valence-electron chi connectivity index (χ0n) is 16.7. The van der Waals surface area contributed by atoms with Crippen LogP contribution in [0.5, 0.6) is 0 Å². The quantitative estimate of drug-likeness (QED) is 0.662. The van der Waals surface area contributed by atoms with Crippen molar-refractivity contribution in [1.29, 1.82) is 0 Å². The van der Waals surface area contributed by atoms with Gasteiger partial charge in [0.25, 0.3) is 5.91 Å². The molecule has 0 aromatic heterocycles. The second kappa shape index (κ2) is 9.66. The molecule has 1 aliphatic rings. The molecule has 2 rings (SSSR count). The molecule has 1 aromatic carbocycles. The Hall–Kier alpha value is -1.44. The van der Waals surface area contributed by atoms with E-state index in [0.717, 1.165) is 12.8 Å². The van der Waals surface area contributed by atoms with E-state index in [1.165, 1.54) is 25.7 Å². The minimum atomic E-state index is -3.59. The molecule has 6 nitrogen and oxygen atoms in total. The molecule has 1 aliphatic carbocycles. The van der Waals surface area contributed by atoms with Crippen LogP contribution >= 0.6 is 0 Å². The van der Waals surface area contributed by atoms with Crippen LogP contribution in [0.4, 0.5) is 0 Å². The van der Waals surface area contributed by atoms with E-state index in [4.69, 9.17) is 4.74 Å². The van der Waals surface area contributed by atoms with Gasteiger partial charge in [-0.1, -0.05) is 27.2 Å². The molecule has 7 heteroatoms. The molecule has 3 atom stereocenters. The fourth-order valence-corrected chi connectivity index (χ4v) is 4.78. The first-order valence-corrected chi connectivity index (χ1v) is 11.1. The predicted molar refractivity (Wildman–Crippen MR) is 106 cm³/mol. The molecule has 2 N–H and O–H groups in total. The van der Waals surface area contributed by atoms with E-state index in [2.05, 4.69) is 30.8 Å². The number of amides is 1. The molecule has 0 heterocycles. The Bertz CT molecular complexity index is 716. The van der Waals surface area contributed by atoms with Crippen LogP contribution in [0.1, 0.15) is 50.4 Å². The first-order valence-electron chi connectivity index (χ1n) is 9.64. The van der Waals surface area contributed by atoms with Crippen molar-refractivity contribution in [2.75, 3.05) is 20.3 Å². The number of nitrogens with one attached hydrogen (secondary N) is 2. The number of carbonyl (C=O) groups excluding carboxylic acids is 1. The maximum absolute atomic E-state index is 12.7. The van der Waals surface area contributed by atoms with Gasteiger partial charge in [0.05, 0.1) is 11.5 Å². The lowest BCUT2D eigenvalue weighted by Gasteiger charge is -2.37. The van der Waals surface area contributed by atoms with E-state index in [1.807, 2.05) is 0 Å². The third-order valence-electron chi connectivity index (χ3n) is 5.36. The summed E-state index contributed by atoms with van der Waals surface area (Å²) in [5.74, 6) is 1.47. The molecule has 1 aromatic rings. The summed E-state index contributed by atoms with van der Waals surface area (Å²) in [6, 6.07) is 6.23. The van der Waals surface area contributed by atoms with Gasteiger partial charge >= 0.3 is 0 Å². The van der Waals surface area contributed by atoms with Crippen molar-refractivity contribution in [3.63, 3.8) is 0 Å². The molecule has 0 bridgehead atoms. The lowest BCUT2D eigenvalue weighted by molar-refractivity contribution is 0.0867. The Morgan fingerprint density at radius 3 is 2.48 bits per heavy atom. The predicted octanol–water partition coefficient (Wildman–Crippen LogP) is 2.80. The summed E-state index contributed by atoms with van der Waals surface area (Å²) >= 11 is 0. The first kappa shape index (κ1) is 21.9. The van der Waals surface area contributed by atoms with Gasteiger partial charge in [-0.15, -0.1) is 0 Å². The highest BCUT2D eigenvalue weighted by Gasteiger charge is 2.31. The highest BCUT2D eigenvalue weighted by molar-refractivity contribution is 7.89. The van der Waals surface area contributed by atoms with Crippen molar-refractivity contribution in [1.82, 2.24) is 10.0 Å². The zero-order valence-corrected chi connectivity index (χ0v) is 17.5. The average molecular weight is 397 g/mol. The number of carbonyl (C=O) groups is 1. The number of hydrogen-bond acceptors (Lipinski definition) is 4. The van der Waals surface area contributed by atoms with E-state index in [0.29, 0.717) is 29.9 Å². The second-order valence-electron chi connectivity index (χ2n) is 7.82. The molecule has 0 aliphatic heterocycles. The maximum atomic E-state index is 12.7. The molecular formula is C20H32N2O4S. The van der Waals surface area contributed by atoms with Gasteiger partial charge in [0.1, 0.15) is 0 Å². The highest BCUT2D eigenvalue weighted by Crippen LogP contribution is 2.33. The molecule has 152 valence electrons. The van der Waals surface area contributed by atoms with E-state index in [1.54, 1.807) is 12.1 Å². The molecule has 1 amide bonds. The lowest BCUT2D eigenvalue weighted by Crippen LogP contribution is -2.45. The van der Waals surface area contributed by atoms with Crippen molar-refractivity contribution in [2.24, 2.45) is 17.8 Å². The Morgan fingerprint density at radius 1 is 1.22 bits per heavy atom. The second-order valence-corrected chi connectivity index (χ2v) is 9.59. The number of hydrogen-bond donors (Lipinski definition) is 2. The Labute approximate surface area is 163 Å². The molecule has 1 saturated carbocycles. The van der Waals surface area contributed by atoms with Gasteiger partial charge in [-0.05, 0) is 54.9 Å². The molecule has 0 radical (unpaired) electrons. The zero-order chi connectivity index (χ0) is 20.0. The monoisotopic (exact) mass is 396 g/mol. The van der Waals surface area contributed by atoms with Crippen molar-refractivity contribution >= 4 is 15.9 Å². The van der Waals surface area contributed by atoms with Crippen molar-refractivity contribution < 1.29 is 17.9 Å². The Balaban J connectivity index is 2.04. The van der Waals surface area contributed by atoms with Crippen molar-refractivity contribution in [3.05, 3.63) is 29.8 Å². The normalized spacial score (nSPS) is 23.4. The van der Waals surface area contributed by atoms with E-state index in [-0.39, 0.29) is 23.4 Å². The molecular weight excluding hydrogens is 364 g/mol. The van der Waals surface area contributed by atoms with Gasteiger partial charge in [0.15, 0.2) is 0 Å². The first-order chi connectivity index (χ1) is 12.7. The summed E-state index contributed by atoms with van der Waals surface area (Å²) in [5.41, 5.74) is 0.478. The van der Waals surface area contributed by atoms with Crippen LogP contribution in [-0.4, -0.2) is 40.6 Å². The average Bonchev–Trinajstić information content (AvgIpc) is 2.61. The van der Waals surface area contributed by atoms with Gasteiger partial charge in [0.2, 0.25) is 10.0 Å². The third kappa shape index (κ3) is 6.02. The summed E-state index contributed by atoms with van der Waals surface area (Å²) in [4.78, 5) is 12.8. The third-order valence-corrected chi connectivity index (χ3v) is 6.84. The lowest BCUT2D eigenvalue weighted by atomic mass is 9.74. The summed E-state index contributed by atoms with van der Waals surface area (Å²) in [7, 11) is -2.08. The molecule has 3 unspecified atom stereocenters.